The van der Waals surface area contributed by atoms with Crippen LogP contribution in [0.3, 0.4) is 0 Å². The van der Waals surface area contributed by atoms with E-state index in [-0.39, 0.29) is 23.7 Å². The van der Waals surface area contributed by atoms with Gasteiger partial charge < -0.3 is 5.32 Å². The molecule has 27 heavy (non-hydrogen) atoms. The molecule has 0 fully saturated rings. The van der Waals surface area contributed by atoms with Gasteiger partial charge in [-0.05, 0) is 70.1 Å². The first-order valence-electron chi connectivity index (χ1n) is 10.2. The third-order valence-corrected chi connectivity index (χ3v) is 4.50. The van der Waals surface area contributed by atoms with Crippen LogP contribution in [0.2, 0.25) is 0 Å². The highest BCUT2D eigenvalue weighted by atomic mass is 16.2. The van der Waals surface area contributed by atoms with Gasteiger partial charge >= 0.3 is 0 Å². The zero-order chi connectivity index (χ0) is 21.6. The van der Waals surface area contributed by atoms with E-state index in [9.17, 15) is 9.59 Å². The molecule has 154 valence electrons. The fraction of sp³-hybridized carbons (Fsp3) is 0.583. The highest BCUT2D eigenvalue weighted by Gasteiger charge is 2.28. The van der Waals surface area contributed by atoms with Gasteiger partial charge in [-0.1, -0.05) is 57.5 Å². The summed E-state index contributed by atoms with van der Waals surface area (Å²) in [5, 5.41) is 2.72. The summed E-state index contributed by atoms with van der Waals surface area (Å²) in [6, 6.07) is 6.07. The highest BCUT2D eigenvalue weighted by molar-refractivity contribution is 5.87. The highest BCUT2D eigenvalue weighted by Crippen LogP contribution is 2.27. The van der Waals surface area contributed by atoms with Crippen LogP contribution in [0.1, 0.15) is 78.0 Å². The summed E-state index contributed by atoms with van der Waals surface area (Å²) in [6.45, 7) is 19.5. The van der Waals surface area contributed by atoms with E-state index in [1.54, 1.807) is 0 Å². The summed E-state index contributed by atoms with van der Waals surface area (Å²) < 4.78 is 0. The van der Waals surface area contributed by atoms with Crippen LogP contribution in [0, 0.1) is 26.7 Å². The number of amides is 1. The predicted molar refractivity (Wildman–Crippen MR) is 118 cm³/mol. The normalized spacial score (nSPS) is 15.5. The molecule has 0 bridgehead atoms. The fourth-order valence-electron chi connectivity index (χ4n) is 2.85. The first-order chi connectivity index (χ1) is 12.7. The number of Topliss-reactive ketones (excluding diaryl/α,β-unsaturated/α-hetero) is 1. The van der Waals surface area contributed by atoms with Gasteiger partial charge in [-0.2, -0.15) is 0 Å². The smallest absolute Gasteiger partial charge is 0.217 e. The molecule has 0 spiro atoms. The van der Waals surface area contributed by atoms with Crippen molar-refractivity contribution < 1.29 is 9.59 Å². The second-order valence-electron chi connectivity index (χ2n) is 6.56. The van der Waals surface area contributed by atoms with E-state index in [2.05, 4.69) is 57.3 Å². The van der Waals surface area contributed by atoms with Crippen LogP contribution in [-0.2, 0) is 9.59 Å². The van der Waals surface area contributed by atoms with Gasteiger partial charge in [0.15, 0.2) is 5.78 Å². The summed E-state index contributed by atoms with van der Waals surface area (Å²) in [5.41, 5.74) is 5.49. The Balaban J connectivity index is 0. The van der Waals surface area contributed by atoms with Gasteiger partial charge in [0.05, 0.1) is 6.04 Å². The monoisotopic (exact) mass is 375 g/mol. The molecule has 3 heteroatoms. The van der Waals surface area contributed by atoms with Crippen molar-refractivity contribution >= 4 is 11.7 Å². The number of benzene rings is 1. The van der Waals surface area contributed by atoms with Crippen molar-refractivity contribution in [1.29, 1.82) is 0 Å². The van der Waals surface area contributed by atoms with Crippen LogP contribution < -0.4 is 5.32 Å². The van der Waals surface area contributed by atoms with Crippen molar-refractivity contribution in [3.8, 4) is 0 Å². The van der Waals surface area contributed by atoms with Crippen molar-refractivity contribution in [2.45, 2.75) is 88.1 Å². The molecule has 2 unspecified atom stereocenters. The lowest BCUT2D eigenvalue weighted by Crippen LogP contribution is -2.43. The number of carbonyl (C=O) groups excluding carboxylic acids is 2. The molecule has 1 amide bonds. The second-order valence-corrected chi connectivity index (χ2v) is 6.56. The van der Waals surface area contributed by atoms with Gasteiger partial charge in [-0.15, -0.1) is 0 Å². The molecular formula is C24H41NO2. The minimum Gasteiger partial charge on any atom is -0.346 e. The largest absolute Gasteiger partial charge is 0.346 e. The maximum atomic E-state index is 11.3. The Hall–Kier alpha value is -1.90. The van der Waals surface area contributed by atoms with Crippen LogP contribution in [0.15, 0.2) is 29.8 Å². The Morgan fingerprint density at radius 2 is 1.44 bits per heavy atom. The molecule has 1 aliphatic carbocycles. The van der Waals surface area contributed by atoms with Gasteiger partial charge in [0.2, 0.25) is 5.91 Å². The number of allylic oxidation sites excluding steroid dienone is 2. The maximum absolute atomic E-state index is 11.3. The fourth-order valence-corrected chi connectivity index (χ4v) is 2.85. The van der Waals surface area contributed by atoms with Gasteiger partial charge in [0.25, 0.3) is 0 Å². The molecule has 0 aromatic heterocycles. The molecule has 1 aromatic rings. The third-order valence-electron chi connectivity index (χ3n) is 4.50. The predicted octanol–water partition coefficient (Wildman–Crippen LogP) is 6.10. The number of nitrogens with one attached hydrogen (secondary N) is 1. The Bertz CT molecular complexity index is 582. The summed E-state index contributed by atoms with van der Waals surface area (Å²) in [6.07, 6.45) is 3.96. The van der Waals surface area contributed by atoms with E-state index in [1.165, 1.54) is 36.1 Å². The first kappa shape index (κ1) is 27.3. The number of ketones is 1. The molecule has 2 rings (SSSR count). The summed E-state index contributed by atoms with van der Waals surface area (Å²) in [4.78, 5) is 22.3. The van der Waals surface area contributed by atoms with E-state index >= 15 is 0 Å². The Kier molecular flexibility index (Phi) is 15.4. The molecule has 1 aliphatic rings. The maximum Gasteiger partial charge on any atom is 0.217 e. The van der Waals surface area contributed by atoms with E-state index in [4.69, 9.17) is 0 Å². The molecule has 0 heterocycles. The third kappa shape index (κ3) is 10.7. The zero-order valence-electron chi connectivity index (χ0n) is 19.2. The van der Waals surface area contributed by atoms with Gasteiger partial charge in [0, 0.05) is 6.92 Å². The van der Waals surface area contributed by atoms with Gasteiger partial charge in [-0.25, -0.2) is 0 Å². The molecule has 1 aromatic carbocycles. The number of rotatable bonds is 3. The van der Waals surface area contributed by atoms with E-state index in [0.29, 0.717) is 0 Å². The Morgan fingerprint density at radius 3 is 1.74 bits per heavy atom. The molecule has 0 aliphatic heterocycles. The summed E-state index contributed by atoms with van der Waals surface area (Å²) >= 11 is 0. The molecule has 0 saturated carbocycles. The average Bonchev–Trinajstić information content (AvgIpc) is 3.07. The molecule has 3 nitrogen and oxygen atoms in total. The summed E-state index contributed by atoms with van der Waals surface area (Å²) in [5.74, 6) is 0.180. The number of carbonyl (C=O) groups is 2. The van der Waals surface area contributed by atoms with Crippen LogP contribution in [0.25, 0.3) is 0 Å². The van der Waals surface area contributed by atoms with Crippen LogP contribution in [0.4, 0.5) is 0 Å². The number of aryl methyl sites for hydroxylation is 2. The molecule has 2 atom stereocenters. The van der Waals surface area contributed by atoms with E-state index in [1.807, 2.05) is 27.7 Å². The molecule has 1 N–H and O–H groups in total. The molecular weight excluding hydrogens is 334 g/mol. The van der Waals surface area contributed by atoms with Gasteiger partial charge in [-0.3, -0.25) is 9.59 Å². The quantitative estimate of drug-likeness (QED) is 0.649. The standard InChI is InChI=1S/C11H17NO2.C9H12.2C2H6/c1-7-4-5-10(6-7)11(8(2)13)12-9(3)14;1-7-5-4-6-8(2)9(7)3;2*1-2/h4,10-11H,5-6H2,1-3H3,(H,12,14);4-6H,1-3H3;2*1-2H3. The minimum atomic E-state index is -0.304. The average molecular weight is 376 g/mol. The minimum absolute atomic E-state index is 0.0494. The Labute approximate surface area is 167 Å². The molecule has 0 saturated heterocycles. The van der Waals surface area contributed by atoms with Crippen molar-refractivity contribution in [1.82, 2.24) is 5.32 Å². The summed E-state index contributed by atoms with van der Waals surface area (Å²) in [7, 11) is 0. The Morgan fingerprint density at radius 1 is 0.963 bits per heavy atom. The molecule has 0 radical (unpaired) electrons. The van der Waals surface area contributed by atoms with Crippen LogP contribution in [0.5, 0.6) is 0 Å². The van der Waals surface area contributed by atoms with Crippen molar-refractivity contribution in [2.75, 3.05) is 0 Å². The van der Waals surface area contributed by atoms with Crippen LogP contribution >= 0.6 is 0 Å². The van der Waals surface area contributed by atoms with Gasteiger partial charge in [0.1, 0.15) is 0 Å². The SMILES string of the molecule is CC.CC.CC(=O)NC(C(C)=O)C1CC=C(C)C1.Cc1cccc(C)c1C. The second kappa shape index (κ2) is 15.2. The van der Waals surface area contributed by atoms with Crippen molar-refractivity contribution in [3.63, 3.8) is 0 Å². The number of hydrogen-bond donors (Lipinski definition) is 1. The van der Waals surface area contributed by atoms with E-state index in [0.717, 1.165) is 12.8 Å². The topological polar surface area (TPSA) is 46.2 Å². The van der Waals surface area contributed by atoms with Crippen molar-refractivity contribution in [2.24, 2.45) is 5.92 Å². The lowest BCUT2D eigenvalue weighted by molar-refractivity contribution is -0.126. The lowest BCUT2D eigenvalue weighted by atomic mass is 9.93. The van der Waals surface area contributed by atoms with E-state index < -0.39 is 0 Å². The number of hydrogen-bond acceptors (Lipinski definition) is 2. The lowest BCUT2D eigenvalue weighted by Gasteiger charge is -2.21. The zero-order valence-corrected chi connectivity index (χ0v) is 19.2. The van der Waals surface area contributed by atoms with Crippen LogP contribution in [-0.4, -0.2) is 17.7 Å². The van der Waals surface area contributed by atoms with Crippen molar-refractivity contribution in [3.05, 3.63) is 46.5 Å². The first-order valence-corrected chi connectivity index (χ1v) is 10.2.